The summed E-state index contributed by atoms with van der Waals surface area (Å²) >= 11 is 0. The fourth-order valence-electron chi connectivity index (χ4n) is 0.495. The van der Waals surface area contributed by atoms with E-state index in [0.29, 0.717) is 0 Å². The van der Waals surface area contributed by atoms with E-state index in [1.54, 1.807) is 0 Å². The molecule has 0 saturated carbocycles. The molecule has 0 saturated heterocycles. The maximum absolute atomic E-state index is 10.0. The maximum atomic E-state index is 10.0. The standard InChI is InChI=1S/C5H10O7/c6-1-2(7)3(8)5(11,12)4(9)10/h2-3,6-8,11-12H,1H2,(H,9,10)/t2-,3-/m1/s1. The van der Waals surface area contributed by atoms with Gasteiger partial charge in [0.1, 0.15) is 12.2 Å². The van der Waals surface area contributed by atoms with Gasteiger partial charge in [-0.15, -0.1) is 0 Å². The van der Waals surface area contributed by atoms with Crippen molar-refractivity contribution in [3.63, 3.8) is 0 Å². The van der Waals surface area contributed by atoms with Crippen molar-refractivity contribution in [2.75, 3.05) is 6.61 Å². The first-order valence-electron chi connectivity index (χ1n) is 2.99. The van der Waals surface area contributed by atoms with Gasteiger partial charge in [0.25, 0.3) is 5.79 Å². The highest BCUT2D eigenvalue weighted by Gasteiger charge is 2.45. The summed E-state index contributed by atoms with van der Waals surface area (Å²) in [5, 5.41) is 50.9. The fourth-order valence-corrected chi connectivity index (χ4v) is 0.495. The van der Waals surface area contributed by atoms with Crippen LogP contribution in [0, 0.1) is 0 Å². The van der Waals surface area contributed by atoms with Gasteiger partial charge in [0.05, 0.1) is 6.61 Å². The van der Waals surface area contributed by atoms with Crippen LogP contribution in [0.3, 0.4) is 0 Å². The van der Waals surface area contributed by atoms with E-state index < -0.39 is 30.6 Å². The van der Waals surface area contributed by atoms with Crippen molar-refractivity contribution >= 4 is 5.97 Å². The molecule has 6 N–H and O–H groups in total. The fraction of sp³-hybridized carbons (Fsp3) is 0.800. The third-order valence-corrected chi connectivity index (χ3v) is 1.28. The van der Waals surface area contributed by atoms with Gasteiger partial charge in [0, 0.05) is 0 Å². The van der Waals surface area contributed by atoms with Crippen molar-refractivity contribution in [3.8, 4) is 0 Å². The summed E-state index contributed by atoms with van der Waals surface area (Å²) in [6.45, 7) is -0.975. The molecule has 0 aromatic rings. The van der Waals surface area contributed by atoms with E-state index in [9.17, 15) is 4.79 Å². The molecule has 0 fully saturated rings. The predicted octanol–water partition coefficient (Wildman–Crippen LogP) is -3.53. The molecule has 0 amide bonds. The smallest absolute Gasteiger partial charge is 0.367 e. The Bertz CT molecular complexity index is 165. The Balaban J connectivity index is 4.44. The molecule has 0 aromatic heterocycles. The van der Waals surface area contributed by atoms with Crippen LogP contribution in [0.1, 0.15) is 0 Å². The van der Waals surface area contributed by atoms with Crippen molar-refractivity contribution in [1.29, 1.82) is 0 Å². The monoisotopic (exact) mass is 182 g/mol. The average molecular weight is 182 g/mol. The van der Waals surface area contributed by atoms with Crippen LogP contribution in [-0.4, -0.2) is 61.2 Å². The number of hydrogen-bond acceptors (Lipinski definition) is 6. The van der Waals surface area contributed by atoms with E-state index in [1.807, 2.05) is 0 Å². The average Bonchev–Trinajstić information content (AvgIpc) is 2.01. The third kappa shape index (κ3) is 2.13. The van der Waals surface area contributed by atoms with Crippen LogP contribution in [0.15, 0.2) is 0 Å². The van der Waals surface area contributed by atoms with Gasteiger partial charge in [-0.05, 0) is 0 Å². The van der Waals surface area contributed by atoms with E-state index in [-0.39, 0.29) is 0 Å². The highest BCUT2D eigenvalue weighted by atomic mass is 16.6. The molecule has 0 aliphatic rings. The van der Waals surface area contributed by atoms with Gasteiger partial charge in [0.15, 0.2) is 0 Å². The van der Waals surface area contributed by atoms with Crippen molar-refractivity contribution in [2.45, 2.75) is 18.0 Å². The van der Waals surface area contributed by atoms with E-state index in [2.05, 4.69) is 0 Å². The molecule has 0 bridgehead atoms. The number of aliphatic hydroxyl groups excluding tert-OH is 3. The zero-order valence-electron chi connectivity index (χ0n) is 5.95. The number of rotatable bonds is 4. The topological polar surface area (TPSA) is 138 Å². The Morgan fingerprint density at radius 3 is 2.00 bits per heavy atom. The Hall–Kier alpha value is -0.730. The van der Waals surface area contributed by atoms with Gasteiger partial charge in [0.2, 0.25) is 0 Å². The first kappa shape index (κ1) is 11.3. The predicted molar refractivity (Wildman–Crippen MR) is 33.9 cm³/mol. The first-order valence-corrected chi connectivity index (χ1v) is 2.99. The van der Waals surface area contributed by atoms with Crippen molar-refractivity contribution in [1.82, 2.24) is 0 Å². The molecule has 0 rings (SSSR count). The molecular weight excluding hydrogens is 172 g/mol. The maximum Gasteiger partial charge on any atom is 0.367 e. The molecule has 0 aromatic carbocycles. The lowest BCUT2D eigenvalue weighted by Crippen LogP contribution is -2.55. The van der Waals surface area contributed by atoms with Gasteiger partial charge in [-0.1, -0.05) is 0 Å². The molecular formula is C5H10O7. The van der Waals surface area contributed by atoms with Gasteiger partial charge in [-0.25, -0.2) is 4.79 Å². The summed E-state index contributed by atoms with van der Waals surface area (Å²) in [6.07, 6.45) is -4.28. The van der Waals surface area contributed by atoms with E-state index in [0.717, 1.165) is 0 Å². The highest BCUT2D eigenvalue weighted by Crippen LogP contribution is 2.10. The summed E-state index contributed by atoms with van der Waals surface area (Å²) in [4.78, 5) is 10.0. The Labute approximate surface area is 67.1 Å². The second kappa shape index (κ2) is 3.78. The highest BCUT2D eigenvalue weighted by molar-refractivity contribution is 5.75. The lowest BCUT2D eigenvalue weighted by atomic mass is 10.1. The SMILES string of the molecule is O=C(O)C(O)(O)[C@H](O)[C@H](O)CO. The van der Waals surface area contributed by atoms with Crippen LogP contribution in [-0.2, 0) is 4.79 Å². The molecule has 0 spiro atoms. The lowest BCUT2D eigenvalue weighted by Gasteiger charge is -2.25. The lowest BCUT2D eigenvalue weighted by molar-refractivity contribution is -0.253. The van der Waals surface area contributed by atoms with Crippen LogP contribution >= 0.6 is 0 Å². The Kier molecular flexibility index (Phi) is 3.55. The van der Waals surface area contributed by atoms with Crippen LogP contribution in [0.4, 0.5) is 0 Å². The molecule has 7 nitrogen and oxygen atoms in total. The van der Waals surface area contributed by atoms with E-state index >= 15 is 0 Å². The Morgan fingerprint density at radius 1 is 1.33 bits per heavy atom. The summed E-state index contributed by atoms with van der Waals surface area (Å²) in [7, 11) is 0. The minimum absolute atomic E-state index is 0.975. The number of carboxylic acids is 1. The molecule has 0 heterocycles. The van der Waals surface area contributed by atoms with Gasteiger partial charge >= 0.3 is 5.97 Å². The molecule has 72 valence electrons. The third-order valence-electron chi connectivity index (χ3n) is 1.28. The number of carboxylic acid groups (broad SMARTS) is 1. The number of aliphatic hydroxyl groups is 5. The van der Waals surface area contributed by atoms with E-state index in [4.69, 9.17) is 30.6 Å². The quantitative estimate of drug-likeness (QED) is 0.247. The van der Waals surface area contributed by atoms with Gasteiger partial charge in [-0.2, -0.15) is 0 Å². The molecule has 7 heteroatoms. The number of hydrogen-bond donors (Lipinski definition) is 6. The molecule has 12 heavy (non-hydrogen) atoms. The summed E-state index contributed by atoms with van der Waals surface area (Å²) in [5.74, 6) is -5.56. The van der Waals surface area contributed by atoms with Crippen molar-refractivity contribution < 1.29 is 35.4 Å². The number of aliphatic carboxylic acids is 1. The van der Waals surface area contributed by atoms with Gasteiger partial charge < -0.3 is 30.6 Å². The van der Waals surface area contributed by atoms with Crippen LogP contribution < -0.4 is 0 Å². The zero-order chi connectivity index (χ0) is 9.94. The second-order valence-corrected chi connectivity index (χ2v) is 2.23. The molecule has 0 aliphatic carbocycles. The zero-order valence-corrected chi connectivity index (χ0v) is 5.95. The van der Waals surface area contributed by atoms with Gasteiger partial charge in [-0.3, -0.25) is 0 Å². The Morgan fingerprint density at radius 2 is 1.75 bits per heavy atom. The van der Waals surface area contributed by atoms with Crippen LogP contribution in [0.5, 0.6) is 0 Å². The summed E-state index contributed by atoms with van der Waals surface area (Å²) < 4.78 is 0. The van der Waals surface area contributed by atoms with Crippen molar-refractivity contribution in [3.05, 3.63) is 0 Å². The van der Waals surface area contributed by atoms with Crippen LogP contribution in [0.2, 0.25) is 0 Å². The molecule has 0 aliphatic heterocycles. The summed E-state index contributed by atoms with van der Waals surface area (Å²) in [5.41, 5.74) is 0. The number of carbonyl (C=O) groups is 1. The summed E-state index contributed by atoms with van der Waals surface area (Å²) in [6, 6.07) is 0. The second-order valence-electron chi connectivity index (χ2n) is 2.23. The molecule has 0 radical (unpaired) electrons. The minimum Gasteiger partial charge on any atom is -0.477 e. The first-order chi connectivity index (χ1) is 5.34. The van der Waals surface area contributed by atoms with Crippen LogP contribution in [0.25, 0.3) is 0 Å². The molecule has 2 atom stereocenters. The van der Waals surface area contributed by atoms with Crippen molar-refractivity contribution in [2.24, 2.45) is 0 Å². The van der Waals surface area contributed by atoms with E-state index in [1.165, 1.54) is 0 Å². The minimum atomic E-state index is -3.46. The largest absolute Gasteiger partial charge is 0.477 e. The molecule has 0 unspecified atom stereocenters. The normalized spacial score (nSPS) is 17.1.